The smallest absolute Gasteiger partial charge is 0.261 e. The number of hydrogen-bond donors (Lipinski definition) is 2. The zero-order valence-corrected chi connectivity index (χ0v) is 23.7. The molecule has 0 saturated heterocycles. The summed E-state index contributed by atoms with van der Waals surface area (Å²) in [5, 5.41) is 12.1. The van der Waals surface area contributed by atoms with Crippen LogP contribution in [0, 0.1) is 17.8 Å². The Bertz CT molecular complexity index is 1250. The lowest BCUT2D eigenvalue weighted by Crippen LogP contribution is -2.49. The van der Waals surface area contributed by atoms with Gasteiger partial charge in [-0.15, -0.1) is 0 Å². The number of amides is 1. The Morgan fingerprint density at radius 3 is 2.84 bits per heavy atom. The highest BCUT2D eigenvalue weighted by Gasteiger charge is 2.44. The largest absolute Gasteiger partial charge is 0.490 e. The number of benzene rings is 2. The van der Waals surface area contributed by atoms with Gasteiger partial charge in [0.1, 0.15) is 5.75 Å². The lowest BCUT2D eigenvalue weighted by Gasteiger charge is -2.45. The summed E-state index contributed by atoms with van der Waals surface area (Å²) in [5.41, 5.74) is 4.13. The lowest BCUT2D eigenvalue weighted by atomic mass is 9.68. The standard InChI is InChI=1S/C31H37ClN2O3S/c1-19-5-11-28(35)25-9-6-23(25)16-34-17-31(13-3-4-21-14-24(32)8-10-26(21)31)18-37-29-12-7-22(15-27(29)34)30(36)33-38-20(19)2/h5,7-8,10-12,14-15,19-20,23,25,28,35H,3-4,6,9,13,16-18H2,1-2H3,(H,33,36)/b11-5-/t19-,20-,23-,25+,28-,31-/m0/s1. The molecule has 2 heterocycles. The molecule has 2 aliphatic carbocycles. The fraction of sp³-hybridized carbons (Fsp3) is 0.516. The molecule has 202 valence electrons. The fourth-order valence-electron chi connectivity index (χ4n) is 6.71. The van der Waals surface area contributed by atoms with Crippen LogP contribution in [-0.2, 0) is 11.8 Å². The van der Waals surface area contributed by atoms with Crippen LogP contribution in [0.3, 0.4) is 0 Å². The quantitative estimate of drug-likeness (QED) is 0.302. The molecule has 38 heavy (non-hydrogen) atoms. The molecule has 2 aromatic carbocycles. The Kier molecular flexibility index (Phi) is 7.17. The fourth-order valence-corrected chi connectivity index (χ4v) is 7.62. The van der Waals surface area contributed by atoms with Gasteiger partial charge in [0.25, 0.3) is 5.91 Å². The van der Waals surface area contributed by atoms with Crippen molar-refractivity contribution < 1.29 is 14.6 Å². The number of anilines is 1. The van der Waals surface area contributed by atoms with Crippen molar-refractivity contribution >= 4 is 35.1 Å². The molecule has 2 aliphatic heterocycles. The highest BCUT2D eigenvalue weighted by Crippen LogP contribution is 2.46. The third-order valence-corrected chi connectivity index (χ3v) is 10.7. The first kappa shape index (κ1) is 26.1. The summed E-state index contributed by atoms with van der Waals surface area (Å²) in [7, 11) is 0. The molecule has 4 aliphatic rings. The van der Waals surface area contributed by atoms with Gasteiger partial charge in [0.05, 0.1) is 18.4 Å². The maximum atomic E-state index is 13.2. The summed E-state index contributed by atoms with van der Waals surface area (Å²) < 4.78 is 9.63. The van der Waals surface area contributed by atoms with Gasteiger partial charge in [-0.1, -0.05) is 43.7 Å². The van der Waals surface area contributed by atoms with E-state index in [1.165, 1.54) is 23.1 Å². The van der Waals surface area contributed by atoms with Crippen LogP contribution in [-0.4, -0.2) is 42.1 Å². The van der Waals surface area contributed by atoms with E-state index in [4.69, 9.17) is 16.3 Å². The number of fused-ring (bicyclic) bond motifs is 4. The molecule has 6 atom stereocenters. The first-order valence-electron chi connectivity index (χ1n) is 14.0. The third-order valence-electron chi connectivity index (χ3n) is 9.36. The number of carbonyl (C=O) groups is 1. The minimum absolute atomic E-state index is 0.0891. The molecule has 2 N–H and O–H groups in total. The van der Waals surface area contributed by atoms with Crippen molar-refractivity contribution in [1.29, 1.82) is 0 Å². The van der Waals surface area contributed by atoms with E-state index >= 15 is 0 Å². The second-order valence-corrected chi connectivity index (χ2v) is 13.4. The lowest BCUT2D eigenvalue weighted by molar-refractivity contribution is 0.0454. The molecule has 2 aromatic rings. The average Bonchev–Trinajstić information content (AvgIpc) is 3.04. The van der Waals surface area contributed by atoms with Crippen molar-refractivity contribution in [3.8, 4) is 5.75 Å². The van der Waals surface area contributed by atoms with Crippen molar-refractivity contribution in [2.24, 2.45) is 17.8 Å². The van der Waals surface area contributed by atoms with Gasteiger partial charge in [0.2, 0.25) is 0 Å². The van der Waals surface area contributed by atoms with Crippen molar-refractivity contribution in [3.05, 3.63) is 70.3 Å². The van der Waals surface area contributed by atoms with E-state index in [1.54, 1.807) is 0 Å². The highest BCUT2D eigenvalue weighted by atomic mass is 35.5. The first-order chi connectivity index (χ1) is 18.3. The van der Waals surface area contributed by atoms with Gasteiger partial charge in [0.15, 0.2) is 0 Å². The predicted molar refractivity (Wildman–Crippen MR) is 155 cm³/mol. The number of nitrogens with one attached hydrogen (secondary N) is 1. The van der Waals surface area contributed by atoms with E-state index in [1.807, 2.05) is 30.3 Å². The number of ether oxygens (including phenoxy) is 1. The molecule has 1 fully saturated rings. The van der Waals surface area contributed by atoms with Gasteiger partial charge >= 0.3 is 0 Å². The van der Waals surface area contributed by atoms with E-state index in [2.05, 4.69) is 41.7 Å². The minimum Gasteiger partial charge on any atom is -0.490 e. The van der Waals surface area contributed by atoms with Crippen LogP contribution in [0.4, 0.5) is 5.69 Å². The summed E-state index contributed by atoms with van der Waals surface area (Å²) >= 11 is 7.83. The van der Waals surface area contributed by atoms with Gasteiger partial charge in [0, 0.05) is 34.3 Å². The predicted octanol–water partition coefficient (Wildman–Crippen LogP) is 6.17. The Hall–Kier alpha value is -2.15. The SMILES string of the molecule is C[C@@H]1SNC(=O)c2ccc3c(c2)N(C[C@@H]2CC[C@H]2[C@@H](O)/C=C\[C@@H]1C)C[C@@]1(CCCc2cc(Cl)ccc21)CO3. The molecule has 0 radical (unpaired) electrons. The summed E-state index contributed by atoms with van der Waals surface area (Å²) in [5.74, 6) is 1.60. The average molecular weight is 553 g/mol. The zero-order valence-electron chi connectivity index (χ0n) is 22.2. The van der Waals surface area contributed by atoms with Crippen molar-refractivity contribution in [1.82, 2.24) is 4.72 Å². The molecule has 2 bridgehead atoms. The number of allylic oxidation sites excluding steroid dienone is 1. The van der Waals surface area contributed by atoms with Gasteiger partial charge < -0.3 is 14.7 Å². The molecular weight excluding hydrogens is 516 g/mol. The third kappa shape index (κ3) is 4.84. The molecule has 6 rings (SSSR count). The van der Waals surface area contributed by atoms with E-state index < -0.39 is 6.10 Å². The van der Waals surface area contributed by atoms with Crippen LogP contribution in [0.25, 0.3) is 0 Å². The van der Waals surface area contributed by atoms with Crippen LogP contribution in [0.1, 0.15) is 61.0 Å². The number of hydrogen-bond acceptors (Lipinski definition) is 5. The number of halogens is 1. The second kappa shape index (κ2) is 10.4. The first-order valence-corrected chi connectivity index (χ1v) is 15.2. The summed E-state index contributed by atoms with van der Waals surface area (Å²) in [6.45, 7) is 6.50. The van der Waals surface area contributed by atoms with Crippen LogP contribution in [0.5, 0.6) is 5.75 Å². The Morgan fingerprint density at radius 1 is 1.16 bits per heavy atom. The van der Waals surface area contributed by atoms with Gasteiger partial charge in [-0.3, -0.25) is 9.52 Å². The van der Waals surface area contributed by atoms with Crippen LogP contribution in [0.15, 0.2) is 48.6 Å². The summed E-state index contributed by atoms with van der Waals surface area (Å²) in [6, 6.07) is 12.2. The molecule has 0 unspecified atom stereocenters. The van der Waals surface area contributed by atoms with Crippen molar-refractivity contribution in [3.63, 3.8) is 0 Å². The van der Waals surface area contributed by atoms with E-state index in [0.29, 0.717) is 18.1 Å². The van der Waals surface area contributed by atoms with E-state index in [9.17, 15) is 9.90 Å². The van der Waals surface area contributed by atoms with Gasteiger partial charge in [-0.2, -0.15) is 0 Å². The van der Waals surface area contributed by atoms with E-state index in [0.717, 1.165) is 61.7 Å². The molecule has 1 spiro atoms. The molecule has 7 heteroatoms. The Labute approximate surface area is 235 Å². The van der Waals surface area contributed by atoms with Crippen LogP contribution >= 0.6 is 23.5 Å². The maximum absolute atomic E-state index is 13.2. The zero-order chi connectivity index (χ0) is 26.4. The number of nitrogens with zero attached hydrogens (tertiary/aromatic N) is 1. The normalized spacial score (nSPS) is 33.8. The second-order valence-electron chi connectivity index (χ2n) is 11.8. The number of aliphatic hydroxyl groups is 1. The van der Waals surface area contributed by atoms with Crippen molar-refractivity contribution in [2.75, 3.05) is 24.6 Å². The summed E-state index contributed by atoms with van der Waals surface area (Å²) in [4.78, 5) is 15.6. The highest BCUT2D eigenvalue weighted by molar-refractivity contribution is 7.98. The molecule has 5 nitrogen and oxygen atoms in total. The molecular formula is C31H37ClN2O3S. The number of aliphatic hydroxyl groups excluding tert-OH is 1. The minimum atomic E-state index is -0.450. The monoisotopic (exact) mass is 552 g/mol. The van der Waals surface area contributed by atoms with Crippen molar-refractivity contribution in [2.45, 2.75) is 62.7 Å². The number of rotatable bonds is 0. The Balaban J connectivity index is 1.41. The number of aryl methyl sites for hydroxylation is 1. The van der Waals surface area contributed by atoms with Crippen LogP contribution in [0.2, 0.25) is 5.02 Å². The molecule has 1 amide bonds. The number of carbonyl (C=O) groups excluding carboxylic acids is 1. The molecule has 1 saturated carbocycles. The van der Waals surface area contributed by atoms with Crippen LogP contribution < -0.4 is 14.4 Å². The summed E-state index contributed by atoms with van der Waals surface area (Å²) in [6.07, 6.45) is 8.96. The maximum Gasteiger partial charge on any atom is 0.261 e. The topological polar surface area (TPSA) is 61.8 Å². The van der Waals surface area contributed by atoms with Gasteiger partial charge in [-0.05, 0) is 103 Å². The van der Waals surface area contributed by atoms with Gasteiger partial charge in [-0.25, -0.2) is 0 Å². The molecule has 0 aromatic heterocycles. The van der Waals surface area contributed by atoms with E-state index in [-0.39, 0.29) is 28.4 Å². The Morgan fingerprint density at radius 2 is 2.03 bits per heavy atom.